The molecule has 21 heavy (non-hydrogen) atoms. The maximum Gasteiger partial charge on any atom is 0.320 e. The van der Waals surface area contributed by atoms with E-state index in [0.717, 1.165) is 38.8 Å². The van der Waals surface area contributed by atoms with Crippen molar-refractivity contribution >= 4 is 12.0 Å². The van der Waals surface area contributed by atoms with E-state index in [1.54, 1.807) is 4.90 Å². The average molecular weight is 298 g/mol. The smallest absolute Gasteiger partial charge is 0.320 e. The highest BCUT2D eigenvalue weighted by atomic mass is 16.5. The van der Waals surface area contributed by atoms with Gasteiger partial charge in [0.1, 0.15) is 0 Å². The first-order valence-corrected chi connectivity index (χ1v) is 8.00. The van der Waals surface area contributed by atoms with Crippen LogP contribution in [0.1, 0.15) is 39.0 Å². The lowest BCUT2D eigenvalue weighted by atomic mass is 9.98. The van der Waals surface area contributed by atoms with Gasteiger partial charge in [-0.1, -0.05) is 6.92 Å². The number of hydrogen-bond donors (Lipinski definition) is 1. The van der Waals surface area contributed by atoms with E-state index < -0.39 is 11.9 Å². The Hall–Kier alpha value is -1.30. The first-order chi connectivity index (χ1) is 10.1. The second kappa shape index (κ2) is 7.64. The minimum absolute atomic E-state index is 0.0225. The fraction of sp³-hybridized carbons (Fsp3) is 0.867. The maximum atomic E-state index is 12.5. The lowest BCUT2D eigenvalue weighted by Gasteiger charge is -2.38. The van der Waals surface area contributed by atoms with Crippen LogP contribution in [-0.2, 0) is 9.53 Å². The van der Waals surface area contributed by atoms with E-state index in [1.165, 1.54) is 0 Å². The number of carbonyl (C=O) groups is 2. The molecule has 2 rings (SSSR count). The normalized spacial score (nSPS) is 26.7. The number of carboxylic acids is 1. The lowest BCUT2D eigenvalue weighted by Crippen LogP contribution is -2.52. The molecule has 2 atom stereocenters. The van der Waals surface area contributed by atoms with E-state index in [2.05, 4.69) is 6.92 Å². The summed E-state index contributed by atoms with van der Waals surface area (Å²) in [5.41, 5.74) is 0. The average Bonchev–Trinajstić information content (AvgIpc) is 2.52. The lowest BCUT2D eigenvalue weighted by molar-refractivity contribution is -0.143. The Morgan fingerprint density at radius 2 is 1.81 bits per heavy atom. The van der Waals surface area contributed by atoms with E-state index in [9.17, 15) is 9.59 Å². The van der Waals surface area contributed by atoms with Crippen molar-refractivity contribution in [1.82, 2.24) is 9.80 Å². The Morgan fingerprint density at radius 1 is 1.14 bits per heavy atom. The van der Waals surface area contributed by atoms with Crippen LogP contribution in [0.2, 0.25) is 0 Å². The van der Waals surface area contributed by atoms with Crippen LogP contribution in [0.5, 0.6) is 0 Å². The second-order valence-electron chi connectivity index (χ2n) is 5.99. The zero-order valence-corrected chi connectivity index (χ0v) is 12.8. The van der Waals surface area contributed by atoms with E-state index in [4.69, 9.17) is 9.84 Å². The molecule has 2 aliphatic rings. The third-order valence-corrected chi connectivity index (χ3v) is 4.25. The number of likely N-dealkylation sites (tertiary alicyclic amines) is 2. The van der Waals surface area contributed by atoms with Crippen LogP contribution in [0.15, 0.2) is 0 Å². The van der Waals surface area contributed by atoms with Crippen molar-refractivity contribution in [3.63, 3.8) is 0 Å². The summed E-state index contributed by atoms with van der Waals surface area (Å²) in [6.07, 6.45) is 4.50. The molecule has 2 saturated heterocycles. The number of carboxylic acid groups (broad SMARTS) is 1. The Morgan fingerprint density at radius 3 is 2.48 bits per heavy atom. The van der Waals surface area contributed by atoms with Crippen LogP contribution in [0.25, 0.3) is 0 Å². The predicted octanol–water partition coefficient (Wildman–Crippen LogP) is 1.79. The molecule has 0 aromatic heterocycles. The Kier molecular flexibility index (Phi) is 5.85. The fourth-order valence-corrected chi connectivity index (χ4v) is 3.08. The van der Waals surface area contributed by atoms with Gasteiger partial charge in [0.2, 0.25) is 0 Å². The molecule has 0 radical (unpaired) electrons. The number of carbonyl (C=O) groups excluding carboxylic acids is 1. The number of rotatable bonds is 4. The highest BCUT2D eigenvalue weighted by molar-refractivity contribution is 5.76. The van der Waals surface area contributed by atoms with Crippen LogP contribution < -0.4 is 0 Å². The van der Waals surface area contributed by atoms with Gasteiger partial charge in [-0.3, -0.25) is 4.79 Å². The van der Waals surface area contributed by atoms with Gasteiger partial charge in [-0.15, -0.1) is 0 Å². The standard InChI is InChI=1S/C15H26N2O4/c1-2-9-21-13-6-4-8-17(11-13)15(20)16-7-3-5-12(10-16)14(18)19/h12-13H,2-11H2,1H3,(H,18,19). The van der Waals surface area contributed by atoms with Crippen LogP contribution in [0.3, 0.4) is 0 Å². The van der Waals surface area contributed by atoms with E-state index in [-0.39, 0.29) is 12.1 Å². The quantitative estimate of drug-likeness (QED) is 0.859. The monoisotopic (exact) mass is 298 g/mol. The number of hydrogen-bond acceptors (Lipinski definition) is 3. The number of nitrogens with zero attached hydrogens (tertiary/aromatic N) is 2. The third kappa shape index (κ3) is 4.33. The number of urea groups is 1. The Bertz CT molecular complexity index is 375. The van der Waals surface area contributed by atoms with Gasteiger partial charge in [-0.05, 0) is 32.1 Å². The summed E-state index contributed by atoms with van der Waals surface area (Å²) in [7, 11) is 0. The van der Waals surface area contributed by atoms with Crippen molar-refractivity contribution in [3.8, 4) is 0 Å². The molecule has 2 unspecified atom stereocenters. The number of amides is 2. The SMILES string of the molecule is CCCOC1CCCN(C(=O)N2CCCC(C(=O)O)C2)C1. The number of aliphatic carboxylic acids is 1. The van der Waals surface area contributed by atoms with Crippen LogP contribution in [0.4, 0.5) is 4.79 Å². The highest BCUT2D eigenvalue weighted by Crippen LogP contribution is 2.20. The molecule has 1 N–H and O–H groups in total. The van der Waals surface area contributed by atoms with Gasteiger partial charge in [-0.2, -0.15) is 0 Å². The van der Waals surface area contributed by atoms with Gasteiger partial charge in [-0.25, -0.2) is 4.79 Å². The Labute approximate surface area is 126 Å². The second-order valence-corrected chi connectivity index (χ2v) is 5.99. The number of piperidine rings is 2. The molecule has 0 bridgehead atoms. The number of ether oxygens (including phenoxy) is 1. The maximum absolute atomic E-state index is 12.5. The first-order valence-electron chi connectivity index (χ1n) is 8.00. The van der Waals surface area contributed by atoms with Gasteiger partial charge >= 0.3 is 12.0 Å². The van der Waals surface area contributed by atoms with Gasteiger partial charge < -0.3 is 19.6 Å². The van der Waals surface area contributed by atoms with E-state index in [0.29, 0.717) is 26.1 Å². The molecule has 0 saturated carbocycles. The van der Waals surface area contributed by atoms with E-state index in [1.807, 2.05) is 4.90 Å². The van der Waals surface area contributed by atoms with Crippen molar-refractivity contribution < 1.29 is 19.4 Å². The zero-order valence-electron chi connectivity index (χ0n) is 12.8. The summed E-state index contributed by atoms with van der Waals surface area (Å²) in [4.78, 5) is 27.2. The highest BCUT2D eigenvalue weighted by Gasteiger charge is 2.32. The van der Waals surface area contributed by atoms with Crippen molar-refractivity contribution in [2.24, 2.45) is 5.92 Å². The fourth-order valence-electron chi connectivity index (χ4n) is 3.08. The summed E-state index contributed by atoms with van der Waals surface area (Å²) in [5, 5.41) is 9.12. The summed E-state index contributed by atoms with van der Waals surface area (Å²) in [6.45, 7) is 5.19. The molecule has 0 aromatic rings. The summed E-state index contributed by atoms with van der Waals surface area (Å²) in [6, 6.07) is -0.0225. The zero-order chi connectivity index (χ0) is 15.2. The van der Waals surface area contributed by atoms with Gasteiger partial charge in [0.25, 0.3) is 0 Å². The molecule has 2 aliphatic heterocycles. The molecular weight excluding hydrogens is 272 g/mol. The molecule has 2 heterocycles. The van der Waals surface area contributed by atoms with Gasteiger partial charge in [0.05, 0.1) is 12.0 Å². The molecular formula is C15H26N2O4. The van der Waals surface area contributed by atoms with Crippen LogP contribution >= 0.6 is 0 Å². The van der Waals surface area contributed by atoms with Crippen molar-refractivity contribution in [3.05, 3.63) is 0 Å². The van der Waals surface area contributed by atoms with Gasteiger partial charge in [0.15, 0.2) is 0 Å². The predicted molar refractivity (Wildman–Crippen MR) is 78.2 cm³/mol. The topological polar surface area (TPSA) is 70.1 Å². The van der Waals surface area contributed by atoms with Crippen LogP contribution in [0, 0.1) is 5.92 Å². The minimum Gasteiger partial charge on any atom is -0.481 e. The van der Waals surface area contributed by atoms with E-state index >= 15 is 0 Å². The van der Waals surface area contributed by atoms with Gasteiger partial charge in [0, 0.05) is 32.8 Å². The van der Waals surface area contributed by atoms with Crippen molar-refractivity contribution in [1.29, 1.82) is 0 Å². The molecule has 0 spiro atoms. The molecule has 0 aromatic carbocycles. The molecule has 0 aliphatic carbocycles. The molecule has 6 heteroatoms. The molecule has 6 nitrogen and oxygen atoms in total. The Balaban J connectivity index is 1.88. The largest absolute Gasteiger partial charge is 0.481 e. The molecule has 120 valence electrons. The van der Waals surface area contributed by atoms with Crippen LogP contribution in [-0.4, -0.2) is 65.8 Å². The first kappa shape index (κ1) is 16.1. The summed E-state index contributed by atoms with van der Waals surface area (Å²) >= 11 is 0. The third-order valence-electron chi connectivity index (χ3n) is 4.25. The summed E-state index contributed by atoms with van der Waals surface area (Å²) < 4.78 is 5.75. The summed E-state index contributed by atoms with van der Waals surface area (Å²) in [5.74, 6) is -1.21. The molecule has 2 amide bonds. The van der Waals surface area contributed by atoms with Crippen molar-refractivity contribution in [2.75, 3.05) is 32.8 Å². The molecule has 2 fully saturated rings. The minimum atomic E-state index is -0.796. The van der Waals surface area contributed by atoms with Crippen molar-refractivity contribution in [2.45, 2.75) is 45.1 Å².